The number of amides is 2. The van der Waals surface area contributed by atoms with Crippen molar-refractivity contribution in [1.82, 2.24) is 10.3 Å². The molecule has 0 unspecified atom stereocenters. The second-order valence-electron chi connectivity index (χ2n) is 7.29. The van der Waals surface area contributed by atoms with Crippen molar-refractivity contribution in [3.63, 3.8) is 0 Å². The SMILES string of the molecule is CC(=O)NCc1ccc(-c2csc(NC(=O)c3ccc4c(c3)CCCC4)n2)cc1. The number of carbonyl (C=O) groups is 2. The smallest absolute Gasteiger partial charge is 0.257 e. The van der Waals surface area contributed by atoms with E-state index < -0.39 is 0 Å². The van der Waals surface area contributed by atoms with Gasteiger partial charge in [-0.2, -0.15) is 0 Å². The van der Waals surface area contributed by atoms with E-state index in [-0.39, 0.29) is 11.8 Å². The first-order valence-electron chi connectivity index (χ1n) is 9.81. The summed E-state index contributed by atoms with van der Waals surface area (Å²) >= 11 is 1.41. The molecule has 0 bridgehead atoms. The average Bonchev–Trinajstić information content (AvgIpc) is 3.20. The monoisotopic (exact) mass is 405 g/mol. The molecule has 0 saturated heterocycles. The van der Waals surface area contributed by atoms with Crippen molar-refractivity contribution in [2.24, 2.45) is 0 Å². The molecule has 0 aliphatic heterocycles. The quantitative estimate of drug-likeness (QED) is 0.653. The lowest BCUT2D eigenvalue weighted by molar-refractivity contribution is -0.119. The number of anilines is 1. The Bertz CT molecular complexity index is 1040. The largest absolute Gasteiger partial charge is 0.352 e. The Labute approximate surface area is 174 Å². The number of fused-ring (bicyclic) bond motifs is 1. The summed E-state index contributed by atoms with van der Waals surface area (Å²) in [6, 6.07) is 13.9. The molecule has 2 amide bonds. The van der Waals surface area contributed by atoms with Crippen LogP contribution in [0.25, 0.3) is 11.3 Å². The summed E-state index contributed by atoms with van der Waals surface area (Å²) in [6.07, 6.45) is 4.58. The maximum absolute atomic E-state index is 12.6. The van der Waals surface area contributed by atoms with E-state index in [9.17, 15) is 9.59 Å². The minimum atomic E-state index is -0.120. The summed E-state index contributed by atoms with van der Waals surface area (Å²) in [6.45, 7) is 2.01. The number of hydrogen-bond acceptors (Lipinski definition) is 4. The van der Waals surface area contributed by atoms with Crippen LogP contribution in [0.4, 0.5) is 5.13 Å². The standard InChI is InChI=1S/C23H23N3O2S/c1-15(27)24-13-16-6-8-18(9-7-16)21-14-29-23(25-21)26-22(28)20-11-10-17-4-2-3-5-19(17)12-20/h6-12,14H,2-5,13H2,1H3,(H,24,27)(H,25,26,28). The van der Waals surface area contributed by atoms with Crippen LogP contribution in [0.15, 0.2) is 47.8 Å². The fourth-order valence-electron chi connectivity index (χ4n) is 3.53. The Morgan fingerprint density at radius 1 is 1.03 bits per heavy atom. The summed E-state index contributed by atoms with van der Waals surface area (Å²) < 4.78 is 0. The fraction of sp³-hybridized carbons (Fsp3) is 0.261. The minimum Gasteiger partial charge on any atom is -0.352 e. The number of carbonyl (C=O) groups excluding carboxylic acids is 2. The molecule has 6 heteroatoms. The van der Waals surface area contributed by atoms with E-state index in [2.05, 4.69) is 21.7 Å². The molecule has 0 atom stereocenters. The maximum Gasteiger partial charge on any atom is 0.257 e. The van der Waals surface area contributed by atoms with Crippen molar-refractivity contribution in [3.8, 4) is 11.3 Å². The Morgan fingerprint density at radius 2 is 1.79 bits per heavy atom. The van der Waals surface area contributed by atoms with Gasteiger partial charge in [-0.3, -0.25) is 14.9 Å². The van der Waals surface area contributed by atoms with Crippen LogP contribution < -0.4 is 10.6 Å². The van der Waals surface area contributed by atoms with Gasteiger partial charge in [-0.05, 0) is 54.5 Å². The van der Waals surface area contributed by atoms with Crippen molar-refractivity contribution in [2.45, 2.75) is 39.2 Å². The third kappa shape index (κ3) is 4.71. The highest BCUT2D eigenvalue weighted by Crippen LogP contribution is 2.26. The van der Waals surface area contributed by atoms with Crippen molar-refractivity contribution < 1.29 is 9.59 Å². The molecular formula is C23H23N3O2S. The van der Waals surface area contributed by atoms with Crippen molar-refractivity contribution >= 4 is 28.3 Å². The van der Waals surface area contributed by atoms with E-state index >= 15 is 0 Å². The Kier molecular flexibility index (Phi) is 5.71. The predicted molar refractivity (Wildman–Crippen MR) is 116 cm³/mol. The van der Waals surface area contributed by atoms with Crippen LogP contribution in [0.1, 0.15) is 46.8 Å². The van der Waals surface area contributed by atoms with Gasteiger partial charge in [-0.25, -0.2) is 4.98 Å². The van der Waals surface area contributed by atoms with Gasteiger partial charge in [0.15, 0.2) is 5.13 Å². The number of hydrogen-bond donors (Lipinski definition) is 2. The van der Waals surface area contributed by atoms with Crippen LogP contribution in [0.2, 0.25) is 0 Å². The first-order chi connectivity index (χ1) is 14.1. The molecule has 1 heterocycles. The highest BCUT2D eigenvalue weighted by molar-refractivity contribution is 7.14. The second-order valence-corrected chi connectivity index (χ2v) is 8.15. The Hall–Kier alpha value is -2.99. The molecule has 148 valence electrons. The third-order valence-electron chi connectivity index (χ3n) is 5.13. The van der Waals surface area contributed by atoms with E-state index in [1.165, 1.54) is 42.2 Å². The molecule has 0 saturated carbocycles. The Morgan fingerprint density at radius 3 is 2.55 bits per heavy atom. The van der Waals surface area contributed by atoms with Gasteiger partial charge in [0.25, 0.3) is 5.91 Å². The number of rotatable bonds is 5. The van der Waals surface area contributed by atoms with E-state index in [1.54, 1.807) is 0 Å². The maximum atomic E-state index is 12.6. The zero-order chi connectivity index (χ0) is 20.2. The molecule has 29 heavy (non-hydrogen) atoms. The predicted octanol–water partition coefficient (Wildman–Crippen LogP) is 4.58. The Balaban J connectivity index is 1.42. The molecule has 1 aliphatic rings. The first kappa shape index (κ1) is 19.3. The van der Waals surface area contributed by atoms with Gasteiger partial charge >= 0.3 is 0 Å². The van der Waals surface area contributed by atoms with E-state index in [0.717, 1.165) is 29.7 Å². The molecule has 0 spiro atoms. The number of nitrogens with zero attached hydrogens (tertiary/aromatic N) is 1. The molecule has 2 aromatic carbocycles. The normalized spacial score (nSPS) is 12.9. The molecule has 4 rings (SSSR count). The molecular weight excluding hydrogens is 382 g/mol. The number of aryl methyl sites for hydroxylation is 2. The first-order valence-corrected chi connectivity index (χ1v) is 10.7. The van der Waals surface area contributed by atoms with Crippen LogP contribution in [0.3, 0.4) is 0 Å². The molecule has 0 fully saturated rings. The van der Waals surface area contributed by atoms with Gasteiger partial charge in [-0.1, -0.05) is 30.3 Å². The van der Waals surface area contributed by atoms with Gasteiger partial charge in [0.1, 0.15) is 0 Å². The van der Waals surface area contributed by atoms with Gasteiger partial charge in [0, 0.05) is 30.0 Å². The lowest BCUT2D eigenvalue weighted by Gasteiger charge is -2.16. The molecule has 2 N–H and O–H groups in total. The molecule has 5 nitrogen and oxygen atoms in total. The van der Waals surface area contributed by atoms with Crippen LogP contribution >= 0.6 is 11.3 Å². The van der Waals surface area contributed by atoms with Gasteiger partial charge < -0.3 is 5.32 Å². The fourth-order valence-corrected chi connectivity index (χ4v) is 4.24. The summed E-state index contributed by atoms with van der Waals surface area (Å²) in [5.74, 6) is -0.169. The number of aromatic nitrogens is 1. The van der Waals surface area contributed by atoms with Gasteiger partial charge in [-0.15, -0.1) is 11.3 Å². The van der Waals surface area contributed by atoms with Crippen molar-refractivity contribution in [3.05, 3.63) is 70.1 Å². The van der Waals surface area contributed by atoms with Crippen molar-refractivity contribution in [1.29, 1.82) is 0 Å². The average molecular weight is 406 g/mol. The van der Waals surface area contributed by atoms with E-state index in [4.69, 9.17) is 0 Å². The van der Waals surface area contributed by atoms with E-state index in [1.807, 2.05) is 41.8 Å². The number of nitrogens with one attached hydrogen (secondary N) is 2. The minimum absolute atomic E-state index is 0.0483. The van der Waals surface area contributed by atoms with Crippen LogP contribution in [0.5, 0.6) is 0 Å². The summed E-state index contributed by atoms with van der Waals surface area (Å²) in [7, 11) is 0. The van der Waals surface area contributed by atoms with Gasteiger partial charge in [0.05, 0.1) is 5.69 Å². The molecule has 3 aromatic rings. The zero-order valence-electron chi connectivity index (χ0n) is 16.3. The lowest BCUT2D eigenvalue weighted by atomic mass is 9.90. The summed E-state index contributed by atoms with van der Waals surface area (Å²) in [4.78, 5) is 28.2. The number of benzene rings is 2. The molecule has 1 aliphatic carbocycles. The third-order valence-corrected chi connectivity index (χ3v) is 5.88. The second kappa shape index (κ2) is 8.57. The molecule has 1 aromatic heterocycles. The van der Waals surface area contributed by atoms with Crippen LogP contribution in [-0.2, 0) is 24.2 Å². The highest BCUT2D eigenvalue weighted by Gasteiger charge is 2.14. The number of thiazole rings is 1. The van der Waals surface area contributed by atoms with Crippen molar-refractivity contribution in [2.75, 3.05) is 5.32 Å². The summed E-state index contributed by atoms with van der Waals surface area (Å²) in [5.41, 5.74) is 6.17. The zero-order valence-corrected chi connectivity index (χ0v) is 17.1. The molecule has 0 radical (unpaired) electrons. The lowest BCUT2D eigenvalue weighted by Crippen LogP contribution is -2.18. The van der Waals surface area contributed by atoms with Crippen LogP contribution in [-0.4, -0.2) is 16.8 Å². The van der Waals surface area contributed by atoms with Crippen LogP contribution in [0, 0.1) is 0 Å². The topological polar surface area (TPSA) is 71.1 Å². The van der Waals surface area contributed by atoms with Gasteiger partial charge in [0.2, 0.25) is 5.91 Å². The summed E-state index contributed by atoms with van der Waals surface area (Å²) in [5, 5.41) is 8.23. The van der Waals surface area contributed by atoms with E-state index in [0.29, 0.717) is 17.2 Å². The highest BCUT2D eigenvalue weighted by atomic mass is 32.1.